The number of nitrogens with zero attached hydrogens (tertiary/aromatic N) is 5. The summed E-state index contributed by atoms with van der Waals surface area (Å²) in [5, 5.41) is 7.99. The highest BCUT2D eigenvalue weighted by molar-refractivity contribution is 5.78. The van der Waals surface area contributed by atoms with Gasteiger partial charge in [0.05, 0.1) is 12.4 Å². The Morgan fingerprint density at radius 1 is 1.27 bits per heavy atom. The molecular formula is C15H23N5O2. The second-order valence-electron chi connectivity index (χ2n) is 6.39. The van der Waals surface area contributed by atoms with Crippen molar-refractivity contribution in [1.82, 2.24) is 24.8 Å². The largest absolute Gasteiger partial charge is 0.342 e. The van der Waals surface area contributed by atoms with Crippen LogP contribution in [0.25, 0.3) is 0 Å². The lowest BCUT2D eigenvalue weighted by Gasteiger charge is -2.48. The minimum atomic E-state index is 0.0650. The first-order chi connectivity index (χ1) is 10.6. The summed E-state index contributed by atoms with van der Waals surface area (Å²) in [5.74, 6) is 0.313. The molecule has 3 heterocycles. The summed E-state index contributed by atoms with van der Waals surface area (Å²) in [4.78, 5) is 29.6. The van der Waals surface area contributed by atoms with Crippen LogP contribution in [-0.4, -0.2) is 62.8 Å². The molecule has 1 aromatic rings. The van der Waals surface area contributed by atoms with E-state index in [2.05, 4.69) is 10.2 Å². The highest BCUT2D eigenvalue weighted by Crippen LogP contribution is 2.38. The third-order valence-electron chi connectivity index (χ3n) is 4.89. The normalized spacial score (nSPS) is 25.8. The van der Waals surface area contributed by atoms with Gasteiger partial charge in [0.2, 0.25) is 11.8 Å². The topological polar surface area (TPSA) is 71.3 Å². The van der Waals surface area contributed by atoms with Crippen LogP contribution in [0.1, 0.15) is 32.6 Å². The van der Waals surface area contributed by atoms with E-state index in [9.17, 15) is 9.59 Å². The molecule has 7 heteroatoms. The van der Waals surface area contributed by atoms with Gasteiger partial charge in [0, 0.05) is 38.0 Å². The zero-order valence-electron chi connectivity index (χ0n) is 13.1. The minimum absolute atomic E-state index is 0.0650. The van der Waals surface area contributed by atoms with Gasteiger partial charge in [-0.1, -0.05) is 0 Å². The van der Waals surface area contributed by atoms with Crippen LogP contribution < -0.4 is 0 Å². The molecule has 1 aromatic heterocycles. The fourth-order valence-electron chi connectivity index (χ4n) is 3.69. The number of amides is 2. The van der Waals surface area contributed by atoms with Crippen LogP contribution in [0.15, 0.2) is 12.4 Å². The average Bonchev–Trinajstić information content (AvgIpc) is 3.03. The quantitative estimate of drug-likeness (QED) is 0.816. The molecule has 2 fully saturated rings. The van der Waals surface area contributed by atoms with Gasteiger partial charge in [-0.25, -0.2) is 0 Å². The van der Waals surface area contributed by atoms with Crippen molar-refractivity contribution in [2.24, 2.45) is 5.41 Å². The van der Waals surface area contributed by atoms with Gasteiger partial charge >= 0.3 is 0 Å². The van der Waals surface area contributed by atoms with Gasteiger partial charge < -0.3 is 9.80 Å². The summed E-state index contributed by atoms with van der Waals surface area (Å²) >= 11 is 0. The Kier molecular flexibility index (Phi) is 4.13. The lowest BCUT2D eigenvalue weighted by Crippen LogP contribution is -2.55. The van der Waals surface area contributed by atoms with Gasteiger partial charge in [-0.15, -0.1) is 0 Å². The van der Waals surface area contributed by atoms with Gasteiger partial charge in [0.15, 0.2) is 0 Å². The molecule has 0 unspecified atom stereocenters. The molecule has 2 saturated heterocycles. The van der Waals surface area contributed by atoms with Crippen molar-refractivity contribution in [3.05, 3.63) is 12.4 Å². The fraction of sp³-hybridized carbons (Fsp3) is 0.733. The van der Waals surface area contributed by atoms with Crippen molar-refractivity contribution >= 4 is 11.8 Å². The molecule has 0 aliphatic carbocycles. The Hall–Kier alpha value is -1.92. The standard InChI is InChI=1S/C15H23N5O2/c1-2-18-11-15(6-4-13(18)21)5-3-9-19(12-15)14(22)10-20-16-7-8-17-20/h7-8H,2-6,9-12H2,1H3/t15-/m1/s1. The molecule has 0 aromatic carbocycles. The van der Waals surface area contributed by atoms with Crippen LogP contribution in [0.2, 0.25) is 0 Å². The highest BCUT2D eigenvalue weighted by atomic mass is 16.2. The number of hydrogen-bond donors (Lipinski definition) is 0. The number of carbonyl (C=O) groups is 2. The van der Waals surface area contributed by atoms with Crippen molar-refractivity contribution in [2.75, 3.05) is 26.2 Å². The fourth-order valence-corrected chi connectivity index (χ4v) is 3.69. The number of carbonyl (C=O) groups excluding carboxylic acids is 2. The second-order valence-corrected chi connectivity index (χ2v) is 6.39. The molecule has 1 spiro atoms. The molecule has 0 radical (unpaired) electrons. The molecule has 22 heavy (non-hydrogen) atoms. The van der Waals surface area contributed by atoms with E-state index in [1.165, 1.54) is 4.80 Å². The molecule has 2 aliphatic heterocycles. The van der Waals surface area contributed by atoms with Gasteiger partial charge in [-0.05, 0) is 26.2 Å². The number of aromatic nitrogens is 3. The summed E-state index contributed by atoms with van der Waals surface area (Å²) < 4.78 is 0. The Labute approximate surface area is 130 Å². The molecule has 2 aliphatic rings. The molecular weight excluding hydrogens is 282 g/mol. The van der Waals surface area contributed by atoms with Gasteiger partial charge in [0.1, 0.15) is 6.54 Å². The maximum atomic E-state index is 12.5. The Morgan fingerprint density at radius 2 is 2.05 bits per heavy atom. The van der Waals surface area contributed by atoms with Crippen molar-refractivity contribution in [1.29, 1.82) is 0 Å². The Balaban J connectivity index is 1.66. The summed E-state index contributed by atoms with van der Waals surface area (Å²) in [6, 6.07) is 0. The second kappa shape index (κ2) is 6.06. The number of rotatable bonds is 3. The summed E-state index contributed by atoms with van der Waals surface area (Å²) in [6.45, 7) is 5.29. The zero-order chi connectivity index (χ0) is 15.6. The monoisotopic (exact) mass is 305 g/mol. The van der Waals surface area contributed by atoms with E-state index in [1.807, 2.05) is 16.7 Å². The maximum Gasteiger partial charge on any atom is 0.246 e. The number of piperidine rings is 2. The van der Waals surface area contributed by atoms with Crippen molar-refractivity contribution < 1.29 is 9.59 Å². The lowest BCUT2D eigenvalue weighted by molar-refractivity contribution is -0.143. The van der Waals surface area contributed by atoms with E-state index in [1.54, 1.807) is 12.4 Å². The SMILES string of the molecule is CCN1C[C@@]2(CCCN(C(=O)Cn3nccn3)C2)CCC1=O. The molecule has 120 valence electrons. The first-order valence-corrected chi connectivity index (χ1v) is 8.01. The van der Waals surface area contributed by atoms with E-state index in [0.29, 0.717) is 6.42 Å². The third kappa shape index (κ3) is 2.98. The van der Waals surface area contributed by atoms with E-state index >= 15 is 0 Å². The summed E-state index contributed by atoms with van der Waals surface area (Å²) in [6.07, 6.45) is 6.76. The average molecular weight is 305 g/mol. The molecule has 0 saturated carbocycles. The van der Waals surface area contributed by atoms with Crippen LogP contribution in [-0.2, 0) is 16.1 Å². The van der Waals surface area contributed by atoms with Crippen molar-refractivity contribution in [2.45, 2.75) is 39.2 Å². The van der Waals surface area contributed by atoms with Crippen LogP contribution in [0, 0.1) is 5.41 Å². The van der Waals surface area contributed by atoms with Crippen LogP contribution >= 0.6 is 0 Å². The predicted molar refractivity (Wildman–Crippen MR) is 79.8 cm³/mol. The smallest absolute Gasteiger partial charge is 0.246 e. The number of hydrogen-bond acceptors (Lipinski definition) is 4. The van der Waals surface area contributed by atoms with Gasteiger partial charge in [-0.3, -0.25) is 9.59 Å². The molecule has 2 amide bonds. The Bertz CT molecular complexity index is 544. The molecule has 0 bridgehead atoms. The predicted octanol–water partition coefficient (Wildman–Crippen LogP) is 0.529. The molecule has 3 rings (SSSR count). The first-order valence-electron chi connectivity index (χ1n) is 8.01. The van der Waals surface area contributed by atoms with Crippen molar-refractivity contribution in [3.63, 3.8) is 0 Å². The van der Waals surface area contributed by atoms with Gasteiger partial charge in [0.25, 0.3) is 0 Å². The Morgan fingerprint density at radius 3 is 2.77 bits per heavy atom. The lowest BCUT2D eigenvalue weighted by atomic mass is 9.73. The third-order valence-corrected chi connectivity index (χ3v) is 4.89. The highest BCUT2D eigenvalue weighted by Gasteiger charge is 2.42. The maximum absolute atomic E-state index is 12.5. The zero-order valence-corrected chi connectivity index (χ0v) is 13.1. The van der Waals surface area contributed by atoms with Crippen molar-refractivity contribution in [3.8, 4) is 0 Å². The summed E-state index contributed by atoms with van der Waals surface area (Å²) in [5.41, 5.74) is 0.0787. The summed E-state index contributed by atoms with van der Waals surface area (Å²) in [7, 11) is 0. The van der Waals surface area contributed by atoms with E-state index in [0.717, 1.165) is 45.4 Å². The van der Waals surface area contributed by atoms with Crippen LogP contribution in [0.5, 0.6) is 0 Å². The van der Waals surface area contributed by atoms with E-state index < -0.39 is 0 Å². The van der Waals surface area contributed by atoms with Gasteiger partial charge in [-0.2, -0.15) is 15.0 Å². The van der Waals surface area contributed by atoms with E-state index in [4.69, 9.17) is 0 Å². The number of likely N-dealkylation sites (tertiary alicyclic amines) is 2. The minimum Gasteiger partial charge on any atom is -0.342 e. The molecule has 7 nitrogen and oxygen atoms in total. The molecule has 1 atom stereocenters. The van der Waals surface area contributed by atoms with Crippen LogP contribution in [0.4, 0.5) is 0 Å². The first kappa shape index (κ1) is 15.0. The van der Waals surface area contributed by atoms with E-state index in [-0.39, 0.29) is 23.8 Å². The molecule has 0 N–H and O–H groups in total. The van der Waals surface area contributed by atoms with Crippen LogP contribution in [0.3, 0.4) is 0 Å².